The van der Waals surface area contributed by atoms with Gasteiger partial charge in [-0.25, -0.2) is 9.97 Å². The van der Waals surface area contributed by atoms with Crippen LogP contribution in [0.5, 0.6) is 5.88 Å². The molecule has 3 aromatic heterocycles. The number of hydrogen-bond acceptors (Lipinski definition) is 5. The maximum atomic E-state index is 13.5. The molecule has 0 aliphatic rings. The van der Waals surface area contributed by atoms with Gasteiger partial charge in [-0.2, -0.15) is 22.8 Å². The van der Waals surface area contributed by atoms with Crippen molar-refractivity contribution in [3.8, 4) is 17.1 Å². The number of ether oxygens (including phenoxy) is 1. The van der Waals surface area contributed by atoms with E-state index < -0.39 is 17.6 Å². The summed E-state index contributed by atoms with van der Waals surface area (Å²) in [7, 11) is 1.44. The smallest absolute Gasteiger partial charge is 0.417 e. The van der Waals surface area contributed by atoms with Crippen molar-refractivity contribution in [2.75, 3.05) is 12.4 Å². The van der Waals surface area contributed by atoms with E-state index in [1.165, 1.54) is 35.9 Å². The Kier molecular flexibility index (Phi) is 5.29. The van der Waals surface area contributed by atoms with E-state index in [9.17, 15) is 18.0 Å². The molecule has 10 heteroatoms. The Bertz CT molecular complexity index is 1330. The lowest BCUT2D eigenvalue weighted by molar-refractivity contribution is -0.137. The minimum absolute atomic E-state index is 0.0666. The van der Waals surface area contributed by atoms with Crippen molar-refractivity contribution in [2.45, 2.75) is 20.0 Å². The standard InChI is InChI=1S/C22H18F3N5O2/c1-12-11-17(14-7-4-5-8-15(14)22(23,24)25)29-30-19(12)26-13(2)20(30)28-21(31)16-9-6-10-18(27-16)32-3/h4-11H,1-3H3,(H,28,31). The summed E-state index contributed by atoms with van der Waals surface area (Å²) in [6.07, 6.45) is -4.54. The van der Waals surface area contributed by atoms with E-state index >= 15 is 0 Å². The molecule has 0 atom stereocenters. The van der Waals surface area contributed by atoms with Gasteiger partial charge >= 0.3 is 6.18 Å². The average Bonchev–Trinajstić information content (AvgIpc) is 3.09. The van der Waals surface area contributed by atoms with Crippen LogP contribution in [-0.4, -0.2) is 32.6 Å². The van der Waals surface area contributed by atoms with Gasteiger partial charge in [0.2, 0.25) is 5.88 Å². The van der Waals surface area contributed by atoms with Crippen LogP contribution in [0.25, 0.3) is 16.9 Å². The fraction of sp³-hybridized carbons (Fsp3) is 0.182. The van der Waals surface area contributed by atoms with Crippen molar-refractivity contribution in [3.63, 3.8) is 0 Å². The molecule has 0 bridgehead atoms. The predicted molar refractivity (Wildman–Crippen MR) is 112 cm³/mol. The Hall–Kier alpha value is -3.95. The van der Waals surface area contributed by atoms with Gasteiger partial charge in [-0.3, -0.25) is 4.79 Å². The number of nitrogens with one attached hydrogen (secondary N) is 1. The number of aryl methyl sites for hydroxylation is 2. The maximum absolute atomic E-state index is 13.5. The molecule has 7 nitrogen and oxygen atoms in total. The number of benzene rings is 1. The first-order valence-corrected chi connectivity index (χ1v) is 9.55. The van der Waals surface area contributed by atoms with E-state index in [2.05, 4.69) is 20.4 Å². The van der Waals surface area contributed by atoms with Crippen LogP contribution in [0.2, 0.25) is 0 Å². The number of fused-ring (bicyclic) bond motifs is 1. The van der Waals surface area contributed by atoms with Gasteiger partial charge in [0.25, 0.3) is 5.91 Å². The van der Waals surface area contributed by atoms with E-state index in [4.69, 9.17) is 4.74 Å². The molecule has 3 heterocycles. The number of pyridine rings is 1. The topological polar surface area (TPSA) is 81.4 Å². The third-order valence-corrected chi connectivity index (χ3v) is 4.85. The fourth-order valence-electron chi connectivity index (χ4n) is 3.33. The number of methoxy groups -OCH3 is 1. The normalized spacial score (nSPS) is 11.6. The molecule has 0 saturated heterocycles. The Labute approximate surface area is 180 Å². The van der Waals surface area contributed by atoms with Gasteiger partial charge in [0.15, 0.2) is 11.5 Å². The maximum Gasteiger partial charge on any atom is 0.417 e. The summed E-state index contributed by atoms with van der Waals surface area (Å²) in [4.78, 5) is 21.3. The third-order valence-electron chi connectivity index (χ3n) is 4.85. The van der Waals surface area contributed by atoms with Crippen LogP contribution < -0.4 is 10.1 Å². The van der Waals surface area contributed by atoms with E-state index in [0.29, 0.717) is 16.9 Å². The zero-order chi connectivity index (χ0) is 23.0. The first-order valence-electron chi connectivity index (χ1n) is 9.55. The molecule has 164 valence electrons. The molecule has 0 aliphatic heterocycles. The Morgan fingerprint density at radius 1 is 1.06 bits per heavy atom. The lowest BCUT2D eigenvalue weighted by Gasteiger charge is -2.13. The average molecular weight is 441 g/mol. The molecule has 4 rings (SSSR count). The first kappa shape index (κ1) is 21.3. The van der Waals surface area contributed by atoms with Crippen molar-refractivity contribution >= 4 is 17.4 Å². The van der Waals surface area contributed by atoms with Crippen LogP contribution in [0.15, 0.2) is 48.5 Å². The van der Waals surface area contributed by atoms with E-state index in [-0.39, 0.29) is 28.6 Å². The van der Waals surface area contributed by atoms with Gasteiger partial charge in [-0.1, -0.05) is 24.3 Å². The van der Waals surface area contributed by atoms with Crippen molar-refractivity contribution in [3.05, 3.63) is 71.0 Å². The molecule has 1 N–H and O–H groups in total. The number of carbonyl (C=O) groups excluding carboxylic acids is 1. The number of aromatic nitrogens is 4. The highest BCUT2D eigenvalue weighted by Gasteiger charge is 2.34. The summed E-state index contributed by atoms with van der Waals surface area (Å²) in [5, 5.41) is 7.09. The molecule has 0 fully saturated rings. The van der Waals surface area contributed by atoms with E-state index in [1.807, 2.05) is 0 Å². The summed E-state index contributed by atoms with van der Waals surface area (Å²) in [5.74, 6) is -0.0223. The highest BCUT2D eigenvalue weighted by molar-refractivity contribution is 6.03. The summed E-state index contributed by atoms with van der Waals surface area (Å²) in [6, 6.07) is 11.5. The number of nitrogens with zero attached hydrogens (tertiary/aromatic N) is 4. The molecule has 0 aliphatic carbocycles. The number of halogens is 3. The highest BCUT2D eigenvalue weighted by atomic mass is 19.4. The van der Waals surface area contributed by atoms with Gasteiger partial charge in [-0.15, -0.1) is 0 Å². The number of rotatable bonds is 4. The Balaban J connectivity index is 1.82. The van der Waals surface area contributed by atoms with Crippen LogP contribution >= 0.6 is 0 Å². The lowest BCUT2D eigenvalue weighted by atomic mass is 10.0. The number of alkyl halides is 3. The number of hydrogen-bond donors (Lipinski definition) is 1. The molecule has 4 aromatic rings. The Morgan fingerprint density at radius 3 is 2.53 bits per heavy atom. The van der Waals surface area contributed by atoms with Crippen LogP contribution in [0.1, 0.15) is 27.3 Å². The second-order valence-corrected chi connectivity index (χ2v) is 7.06. The first-order chi connectivity index (χ1) is 15.2. The number of carbonyl (C=O) groups is 1. The SMILES string of the molecule is COc1cccc(C(=O)Nc2c(C)nc3c(C)cc(-c4ccccc4C(F)(F)F)nn23)n1. The summed E-state index contributed by atoms with van der Waals surface area (Å²) in [6.45, 7) is 3.39. The molecular formula is C22H18F3N5O2. The van der Waals surface area contributed by atoms with Gasteiger partial charge in [-0.05, 0) is 37.6 Å². The largest absolute Gasteiger partial charge is 0.481 e. The summed E-state index contributed by atoms with van der Waals surface area (Å²) in [5.41, 5.74) is 0.833. The van der Waals surface area contributed by atoms with Gasteiger partial charge in [0, 0.05) is 11.6 Å². The molecular weight excluding hydrogens is 423 g/mol. The van der Waals surface area contributed by atoms with Crippen LogP contribution in [0.4, 0.5) is 19.0 Å². The van der Waals surface area contributed by atoms with E-state index in [1.54, 1.807) is 32.0 Å². The Morgan fingerprint density at radius 2 is 1.81 bits per heavy atom. The quantitative estimate of drug-likeness (QED) is 0.497. The molecule has 1 aromatic carbocycles. The molecule has 1 amide bonds. The van der Waals surface area contributed by atoms with Crippen LogP contribution in [0.3, 0.4) is 0 Å². The van der Waals surface area contributed by atoms with Gasteiger partial charge in [0.1, 0.15) is 5.69 Å². The molecule has 0 saturated carbocycles. The molecule has 0 spiro atoms. The van der Waals surface area contributed by atoms with Crippen molar-refractivity contribution in [1.82, 2.24) is 19.6 Å². The van der Waals surface area contributed by atoms with Gasteiger partial charge < -0.3 is 10.1 Å². The summed E-state index contributed by atoms with van der Waals surface area (Å²) >= 11 is 0. The monoisotopic (exact) mass is 441 g/mol. The van der Waals surface area contributed by atoms with Crippen LogP contribution in [-0.2, 0) is 6.18 Å². The fourth-order valence-corrected chi connectivity index (χ4v) is 3.33. The van der Waals surface area contributed by atoms with Crippen molar-refractivity contribution in [2.24, 2.45) is 0 Å². The highest BCUT2D eigenvalue weighted by Crippen LogP contribution is 2.37. The molecule has 0 radical (unpaired) electrons. The predicted octanol–water partition coefficient (Wildman–Crippen LogP) is 4.69. The third kappa shape index (κ3) is 3.86. The number of anilines is 1. The molecule has 32 heavy (non-hydrogen) atoms. The van der Waals surface area contributed by atoms with E-state index in [0.717, 1.165) is 6.07 Å². The van der Waals surface area contributed by atoms with Gasteiger partial charge in [0.05, 0.1) is 24.1 Å². The summed E-state index contributed by atoms with van der Waals surface area (Å²) < 4.78 is 47.0. The van der Waals surface area contributed by atoms with Crippen LogP contribution in [0, 0.1) is 13.8 Å². The number of amides is 1. The lowest BCUT2D eigenvalue weighted by Crippen LogP contribution is -2.16. The number of imidazole rings is 1. The second kappa shape index (κ2) is 7.95. The van der Waals surface area contributed by atoms with Crippen molar-refractivity contribution in [1.29, 1.82) is 0 Å². The minimum atomic E-state index is -4.54. The zero-order valence-corrected chi connectivity index (χ0v) is 17.4. The van der Waals surface area contributed by atoms with Crippen molar-refractivity contribution < 1.29 is 22.7 Å². The second-order valence-electron chi connectivity index (χ2n) is 7.06. The molecule has 0 unspecified atom stereocenters. The minimum Gasteiger partial charge on any atom is -0.481 e. The zero-order valence-electron chi connectivity index (χ0n) is 17.4.